The molecule has 100 valence electrons. The number of nitrogens with zero attached hydrogens (tertiary/aromatic N) is 1. The van der Waals surface area contributed by atoms with Gasteiger partial charge >= 0.3 is 0 Å². The van der Waals surface area contributed by atoms with Gasteiger partial charge in [0, 0.05) is 19.0 Å². The minimum Gasteiger partial charge on any atom is -0.368 e. The minimum atomic E-state index is -0.483. The molecule has 4 N–H and O–H groups in total. The monoisotopic (exact) mass is 243 g/mol. The molecule has 5 nitrogen and oxygen atoms in total. The van der Waals surface area contributed by atoms with Gasteiger partial charge in [0.05, 0.1) is 6.54 Å². The molecule has 0 aliphatic carbocycles. The van der Waals surface area contributed by atoms with Gasteiger partial charge in [-0.2, -0.15) is 0 Å². The standard InChI is InChI=1S/C12H25N3O2/c1-4-5-10(13)6-12(17)15(7-9(2)3)8-11(14)16/h9-10H,4-8,13H2,1-3H3,(H2,14,16). The fourth-order valence-corrected chi connectivity index (χ4v) is 1.71. The van der Waals surface area contributed by atoms with Gasteiger partial charge in [-0.3, -0.25) is 9.59 Å². The molecular formula is C12H25N3O2. The van der Waals surface area contributed by atoms with Crippen molar-refractivity contribution >= 4 is 11.8 Å². The Bertz CT molecular complexity index is 254. The Kier molecular flexibility index (Phi) is 7.54. The Morgan fingerprint density at radius 3 is 2.29 bits per heavy atom. The second-order valence-corrected chi connectivity index (χ2v) is 4.89. The predicted octanol–water partition coefficient (Wildman–Crippen LogP) is 0.474. The number of carbonyl (C=O) groups excluding carboxylic acids is 2. The normalized spacial score (nSPS) is 12.5. The second-order valence-electron chi connectivity index (χ2n) is 4.89. The molecule has 1 unspecified atom stereocenters. The Morgan fingerprint density at radius 1 is 1.29 bits per heavy atom. The van der Waals surface area contributed by atoms with E-state index in [2.05, 4.69) is 0 Å². The van der Waals surface area contributed by atoms with E-state index in [9.17, 15) is 9.59 Å². The van der Waals surface area contributed by atoms with Crippen LogP contribution in [-0.4, -0.2) is 35.8 Å². The topological polar surface area (TPSA) is 89.4 Å². The highest BCUT2D eigenvalue weighted by Gasteiger charge is 2.19. The van der Waals surface area contributed by atoms with Crippen LogP contribution in [0.25, 0.3) is 0 Å². The lowest BCUT2D eigenvalue weighted by atomic mass is 10.1. The molecule has 0 aliphatic heterocycles. The molecule has 0 radical (unpaired) electrons. The fraction of sp³-hybridized carbons (Fsp3) is 0.833. The first-order valence-electron chi connectivity index (χ1n) is 6.18. The summed E-state index contributed by atoms with van der Waals surface area (Å²) < 4.78 is 0. The van der Waals surface area contributed by atoms with Crippen molar-refractivity contribution in [3.05, 3.63) is 0 Å². The van der Waals surface area contributed by atoms with E-state index < -0.39 is 5.91 Å². The van der Waals surface area contributed by atoms with Crippen LogP contribution in [0.4, 0.5) is 0 Å². The van der Waals surface area contributed by atoms with Crippen LogP contribution in [0, 0.1) is 5.92 Å². The van der Waals surface area contributed by atoms with E-state index >= 15 is 0 Å². The van der Waals surface area contributed by atoms with Crippen molar-refractivity contribution in [3.8, 4) is 0 Å². The van der Waals surface area contributed by atoms with Crippen molar-refractivity contribution in [1.82, 2.24) is 4.90 Å². The maximum atomic E-state index is 11.9. The lowest BCUT2D eigenvalue weighted by molar-refractivity contribution is -0.136. The number of hydrogen-bond acceptors (Lipinski definition) is 3. The van der Waals surface area contributed by atoms with Gasteiger partial charge in [0.1, 0.15) is 0 Å². The van der Waals surface area contributed by atoms with E-state index in [1.807, 2.05) is 20.8 Å². The van der Waals surface area contributed by atoms with Crippen molar-refractivity contribution in [3.63, 3.8) is 0 Å². The predicted molar refractivity (Wildman–Crippen MR) is 68.1 cm³/mol. The van der Waals surface area contributed by atoms with Gasteiger partial charge < -0.3 is 16.4 Å². The number of amides is 2. The lowest BCUT2D eigenvalue weighted by Gasteiger charge is -2.24. The summed E-state index contributed by atoms with van der Waals surface area (Å²) >= 11 is 0. The molecule has 0 aromatic heterocycles. The molecule has 0 saturated carbocycles. The van der Waals surface area contributed by atoms with Crippen LogP contribution in [0.1, 0.15) is 40.0 Å². The summed E-state index contributed by atoms with van der Waals surface area (Å²) in [5.41, 5.74) is 11.0. The smallest absolute Gasteiger partial charge is 0.237 e. The highest BCUT2D eigenvalue weighted by atomic mass is 16.2. The average Bonchev–Trinajstić information content (AvgIpc) is 2.15. The molecule has 0 bridgehead atoms. The van der Waals surface area contributed by atoms with E-state index in [0.29, 0.717) is 12.5 Å². The summed E-state index contributed by atoms with van der Waals surface area (Å²) in [5.74, 6) is -0.262. The molecule has 0 aliphatic rings. The molecule has 1 atom stereocenters. The molecule has 2 amide bonds. The fourth-order valence-electron chi connectivity index (χ4n) is 1.71. The summed E-state index contributed by atoms with van der Waals surface area (Å²) in [7, 11) is 0. The quantitative estimate of drug-likeness (QED) is 0.649. The van der Waals surface area contributed by atoms with Crippen molar-refractivity contribution < 1.29 is 9.59 Å². The summed E-state index contributed by atoms with van der Waals surface area (Å²) in [6, 6.07) is -0.130. The van der Waals surface area contributed by atoms with Crippen molar-refractivity contribution in [2.24, 2.45) is 17.4 Å². The number of rotatable bonds is 8. The van der Waals surface area contributed by atoms with E-state index in [1.165, 1.54) is 4.90 Å². The van der Waals surface area contributed by atoms with Gasteiger partial charge in [-0.25, -0.2) is 0 Å². The van der Waals surface area contributed by atoms with Gasteiger partial charge in [0.2, 0.25) is 11.8 Å². The van der Waals surface area contributed by atoms with Gasteiger partial charge in [0.15, 0.2) is 0 Å². The van der Waals surface area contributed by atoms with E-state index in [0.717, 1.165) is 12.8 Å². The lowest BCUT2D eigenvalue weighted by Crippen LogP contribution is -2.42. The van der Waals surface area contributed by atoms with Crippen LogP contribution in [0.5, 0.6) is 0 Å². The summed E-state index contributed by atoms with van der Waals surface area (Å²) in [6.07, 6.45) is 2.06. The zero-order valence-corrected chi connectivity index (χ0v) is 11.1. The summed E-state index contributed by atoms with van der Waals surface area (Å²) in [6.45, 7) is 6.54. The molecule has 0 spiro atoms. The highest BCUT2D eigenvalue weighted by molar-refractivity contribution is 5.84. The molecule has 0 rings (SSSR count). The summed E-state index contributed by atoms with van der Waals surface area (Å²) in [4.78, 5) is 24.3. The molecule has 5 heteroatoms. The Hall–Kier alpha value is -1.10. The SMILES string of the molecule is CCCC(N)CC(=O)N(CC(N)=O)CC(C)C. The zero-order chi connectivity index (χ0) is 13.4. The van der Waals surface area contributed by atoms with Crippen LogP contribution >= 0.6 is 0 Å². The van der Waals surface area contributed by atoms with Crippen molar-refractivity contribution in [2.45, 2.75) is 46.1 Å². The number of carbonyl (C=O) groups is 2. The second kappa shape index (κ2) is 8.06. The van der Waals surface area contributed by atoms with E-state index in [-0.39, 0.29) is 24.9 Å². The van der Waals surface area contributed by atoms with Gasteiger partial charge in [0.25, 0.3) is 0 Å². The Balaban J connectivity index is 4.35. The van der Waals surface area contributed by atoms with Crippen LogP contribution in [-0.2, 0) is 9.59 Å². The van der Waals surface area contributed by atoms with Crippen LogP contribution in [0.3, 0.4) is 0 Å². The maximum absolute atomic E-state index is 11.9. The number of primary amides is 1. The molecule has 17 heavy (non-hydrogen) atoms. The van der Waals surface area contributed by atoms with E-state index in [1.54, 1.807) is 0 Å². The number of hydrogen-bond donors (Lipinski definition) is 2. The largest absolute Gasteiger partial charge is 0.368 e. The third-order valence-corrected chi connectivity index (χ3v) is 2.38. The van der Waals surface area contributed by atoms with Gasteiger partial charge in [-0.1, -0.05) is 27.2 Å². The minimum absolute atomic E-state index is 0.0180. The third-order valence-electron chi connectivity index (χ3n) is 2.38. The molecule has 0 aromatic rings. The zero-order valence-electron chi connectivity index (χ0n) is 11.1. The van der Waals surface area contributed by atoms with Gasteiger partial charge in [-0.15, -0.1) is 0 Å². The first-order chi connectivity index (χ1) is 7.86. The average molecular weight is 243 g/mol. The van der Waals surface area contributed by atoms with Crippen LogP contribution < -0.4 is 11.5 Å². The first kappa shape index (κ1) is 15.9. The Morgan fingerprint density at radius 2 is 1.88 bits per heavy atom. The molecule has 0 heterocycles. The Labute approximate surface area is 104 Å². The van der Waals surface area contributed by atoms with Crippen LogP contribution in [0.2, 0.25) is 0 Å². The van der Waals surface area contributed by atoms with Crippen molar-refractivity contribution in [1.29, 1.82) is 0 Å². The first-order valence-corrected chi connectivity index (χ1v) is 6.18. The molecule has 0 saturated heterocycles. The van der Waals surface area contributed by atoms with Crippen molar-refractivity contribution in [2.75, 3.05) is 13.1 Å². The highest BCUT2D eigenvalue weighted by Crippen LogP contribution is 2.05. The molecule has 0 fully saturated rings. The maximum Gasteiger partial charge on any atom is 0.237 e. The molecular weight excluding hydrogens is 218 g/mol. The molecule has 0 aromatic carbocycles. The third kappa shape index (κ3) is 7.74. The number of nitrogens with two attached hydrogens (primary N) is 2. The van der Waals surface area contributed by atoms with Gasteiger partial charge in [-0.05, 0) is 12.3 Å². The van der Waals surface area contributed by atoms with E-state index in [4.69, 9.17) is 11.5 Å². The summed E-state index contributed by atoms with van der Waals surface area (Å²) in [5, 5.41) is 0. The van der Waals surface area contributed by atoms with Crippen LogP contribution in [0.15, 0.2) is 0 Å².